The third kappa shape index (κ3) is 4.73. The summed E-state index contributed by atoms with van der Waals surface area (Å²) in [5, 5.41) is 3.55. The molecule has 0 unspecified atom stereocenters. The van der Waals surface area contributed by atoms with Gasteiger partial charge in [0, 0.05) is 37.9 Å². The summed E-state index contributed by atoms with van der Waals surface area (Å²) >= 11 is 0. The normalized spacial score (nSPS) is 15.1. The van der Waals surface area contributed by atoms with E-state index in [0.717, 1.165) is 24.7 Å². The fourth-order valence-electron chi connectivity index (χ4n) is 3.65. The zero-order chi connectivity index (χ0) is 17.5. The Kier molecular flexibility index (Phi) is 6.29. The minimum Gasteiger partial charge on any atom is -0.497 e. The number of rotatable bonds is 7. The Morgan fingerprint density at radius 2 is 1.96 bits per heavy atom. The average Bonchev–Trinajstić information content (AvgIpc) is 2.69. The molecule has 1 aromatic heterocycles. The Bertz CT molecular complexity index is 668. The molecule has 134 valence electrons. The van der Waals surface area contributed by atoms with Crippen LogP contribution in [0.5, 0.6) is 5.75 Å². The van der Waals surface area contributed by atoms with Gasteiger partial charge in [0.15, 0.2) is 0 Å². The molecule has 1 saturated carbocycles. The molecular weight excluding hydrogens is 310 g/mol. The molecule has 1 aliphatic carbocycles. The number of anilines is 1. The van der Waals surface area contributed by atoms with Crippen LogP contribution in [-0.2, 0) is 13.1 Å². The topological polar surface area (TPSA) is 37.4 Å². The summed E-state index contributed by atoms with van der Waals surface area (Å²) in [4.78, 5) is 7.06. The molecule has 1 heterocycles. The molecule has 4 nitrogen and oxygen atoms in total. The van der Waals surface area contributed by atoms with Gasteiger partial charge in [-0.05, 0) is 36.6 Å². The van der Waals surface area contributed by atoms with Gasteiger partial charge < -0.3 is 15.0 Å². The van der Waals surface area contributed by atoms with E-state index < -0.39 is 0 Å². The molecule has 0 spiro atoms. The Labute approximate surface area is 151 Å². The quantitative estimate of drug-likeness (QED) is 0.822. The Hall–Kier alpha value is -2.07. The third-order valence-corrected chi connectivity index (χ3v) is 5.10. The van der Waals surface area contributed by atoms with Gasteiger partial charge in [-0.3, -0.25) is 0 Å². The zero-order valence-electron chi connectivity index (χ0n) is 15.4. The molecule has 0 amide bonds. The van der Waals surface area contributed by atoms with Crippen LogP contribution in [0.1, 0.15) is 43.2 Å². The predicted molar refractivity (Wildman–Crippen MR) is 103 cm³/mol. The fraction of sp³-hybridized carbons (Fsp3) is 0.476. The maximum atomic E-state index is 5.29. The van der Waals surface area contributed by atoms with E-state index in [1.54, 1.807) is 7.11 Å². The van der Waals surface area contributed by atoms with Crippen LogP contribution < -0.4 is 15.0 Å². The van der Waals surface area contributed by atoms with Crippen molar-refractivity contribution < 1.29 is 4.74 Å². The first-order valence-corrected chi connectivity index (χ1v) is 9.28. The number of ether oxygens (including phenoxy) is 1. The summed E-state index contributed by atoms with van der Waals surface area (Å²) < 4.78 is 5.29. The van der Waals surface area contributed by atoms with E-state index >= 15 is 0 Å². The van der Waals surface area contributed by atoms with E-state index in [9.17, 15) is 0 Å². The molecule has 4 heteroatoms. The lowest BCUT2D eigenvalue weighted by Crippen LogP contribution is -2.35. The summed E-state index contributed by atoms with van der Waals surface area (Å²) in [5.74, 6) is 2.02. The lowest BCUT2D eigenvalue weighted by Gasteiger charge is -2.33. The maximum absolute atomic E-state index is 5.29. The second-order valence-electron chi connectivity index (χ2n) is 6.84. The molecule has 0 bridgehead atoms. The van der Waals surface area contributed by atoms with Crippen molar-refractivity contribution in [2.75, 3.05) is 19.1 Å². The van der Waals surface area contributed by atoms with Crippen LogP contribution in [0.4, 0.5) is 5.82 Å². The van der Waals surface area contributed by atoms with Gasteiger partial charge in [-0.2, -0.15) is 0 Å². The molecule has 1 aromatic carbocycles. The number of benzene rings is 1. The number of hydrogen-bond donors (Lipinski definition) is 1. The number of aromatic nitrogens is 1. The fourth-order valence-corrected chi connectivity index (χ4v) is 3.65. The lowest BCUT2D eigenvalue weighted by molar-refractivity contribution is 0.414. The monoisotopic (exact) mass is 339 g/mol. The van der Waals surface area contributed by atoms with Crippen LogP contribution in [0.2, 0.25) is 0 Å². The molecule has 0 atom stereocenters. The first-order chi connectivity index (χ1) is 12.3. The maximum Gasteiger partial charge on any atom is 0.132 e. The Balaban J connectivity index is 1.62. The number of hydrogen-bond acceptors (Lipinski definition) is 4. The highest BCUT2D eigenvalue weighted by Gasteiger charge is 2.20. The smallest absolute Gasteiger partial charge is 0.132 e. The molecule has 1 fully saturated rings. The standard InChI is InChI=1S/C21H29N3O/c1-24(19-10-4-3-5-11-19)21-18(9-7-13-23-21)16-22-15-17-8-6-12-20(14-17)25-2/h6-9,12-14,19,22H,3-5,10-11,15-16H2,1-2H3. The van der Waals surface area contributed by atoms with Crippen LogP contribution in [0.3, 0.4) is 0 Å². The van der Waals surface area contributed by atoms with Crippen molar-refractivity contribution in [3.05, 3.63) is 53.7 Å². The van der Waals surface area contributed by atoms with Crippen molar-refractivity contribution in [2.24, 2.45) is 0 Å². The minimum atomic E-state index is 0.626. The average molecular weight is 339 g/mol. The molecule has 2 aromatic rings. The van der Waals surface area contributed by atoms with Crippen molar-refractivity contribution >= 4 is 5.82 Å². The summed E-state index contributed by atoms with van der Waals surface area (Å²) in [6, 6.07) is 13.0. The van der Waals surface area contributed by atoms with Crippen LogP contribution >= 0.6 is 0 Å². The van der Waals surface area contributed by atoms with Crippen molar-refractivity contribution in [1.82, 2.24) is 10.3 Å². The molecule has 0 aliphatic heterocycles. The molecule has 0 radical (unpaired) electrons. The molecule has 1 aliphatic rings. The second kappa shape index (κ2) is 8.86. The van der Waals surface area contributed by atoms with Gasteiger partial charge in [0.1, 0.15) is 11.6 Å². The van der Waals surface area contributed by atoms with Crippen molar-refractivity contribution in [3.63, 3.8) is 0 Å². The van der Waals surface area contributed by atoms with Gasteiger partial charge in [0.05, 0.1) is 7.11 Å². The molecule has 25 heavy (non-hydrogen) atoms. The summed E-state index contributed by atoms with van der Waals surface area (Å²) in [6.07, 6.45) is 8.52. The van der Waals surface area contributed by atoms with E-state index in [4.69, 9.17) is 4.74 Å². The highest BCUT2D eigenvalue weighted by Crippen LogP contribution is 2.27. The van der Waals surface area contributed by atoms with Gasteiger partial charge in [-0.1, -0.05) is 37.5 Å². The number of nitrogens with one attached hydrogen (secondary N) is 1. The summed E-state index contributed by atoms with van der Waals surface area (Å²) in [6.45, 7) is 1.64. The van der Waals surface area contributed by atoms with Gasteiger partial charge in [0.25, 0.3) is 0 Å². The first-order valence-electron chi connectivity index (χ1n) is 9.28. The van der Waals surface area contributed by atoms with E-state index in [1.807, 2.05) is 24.4 Å². The Morgan fingerprint density at radius 1 is 1.12 bits per heavy atom. The van der Waals surface area contributed by atoms with Gasteiger partial charge >= 0.3 is 0 Å². The number of nitrogens with zero attached hydrogens (tertiary/aromatic N) is 2. The van der Waals surface area contributed by atoms with Crippen molar-refractivity contribution in [3.8, 4) is 5.75 Å². The summed E-state index contributed by atoms with van der Waals surface area (Å²) in [5.41, 5.74) is 2.49. The zero-order valence-corrected chi connectivity index (χ0v) is 15.4. The largest absolute Gasteiger partial charge is 0.497 e. The van der Waals surface area contributed by atoms with Gasteiger partial charge in [0.2, 0.25) is 0 Å². The van der Waals surface area contributed by atoms with Gasteiger partial charge in [-0.25, -0.2) is 4.98 Å². The summed E-state index contributed by atoms with van der Waals surface area (Å²) in [7, 11) is 3.90. The van der Waals surface area contributed by atoms with E-state index in [2.05, 4.69) is 40.4 Å². The van der Waals surface area contributed by atoms with E-state index in [1.165, 1.54) is 43.2 Å². The van der Waals surface area contributed by atoms with Gasteiger partial charge in [-0.15, -0.1) is 0 Å². The highest BCUT2D eigenvalue weighted by molar-refractivity contribution is 5.47. The molecule has 3 rings (SSSR count). The highest BCUT2D eigenvalue weighted by atomic mass is 16.5. The minimum absolute atomic E-state index is 0.626. The van der Waals surface area contributed by atoms with Crippen LogP contribution in [-0.4, -0.2) is 25.2 Å². The van der Waals surface area contributed by atoms with E-state index in [0.29, 0.717) is 6.04 Å². The number of methoxy groups -OCH3 is 1. The van der Waals surface area contributed by atoms with Crippen molar-refractivity contribution in [2.45, 2.75) is 51.2 Å². The predicted octanol–water partition coefficient (Wildman–Crippen LogP) is 4.15. The molecule has 1 N–H and O–H groups in total. The second-order valence-corrected chi connectivity index (χ2v) is 6.84. The van der Waals surface area contributed by atoms with Crippen molar-refractivity contribution in [1.29, 1.82) is 0 Å². The van der Waals surface area contributed by atoms with E-state index in [-0.39, 0.29) is 0 Å². The molecule has 0 saturated heterocycles. The van der Waals surface area contributed by atoms with Crippen LogP contribution in [0, 0.1) is 0 Å². The first kappa shape index (κ1) is 17.7. The van der Waals surface area contributed by atoms with Crippen LogP contribution in [0.15, 0.2) is 42.6 Å². The third-order valence-electron chi connectivity index (χ3n) is 5.10. The number of pyridine rings is 1. The Morgan fingerprint density at radius 3 is 2.76 bits per heavy atom. The molecular formula is C21H29N3O. The van der Waals surface area contributed by atoms with Crippen LogP contribution in [0.25, 0.3) is 0 Å². The lowest BCUT2D eigenvalue weighted by atomic mass is 9.94. The SMILES string of the molecule is COc1cccc(CNCc2cccnc2N(C)C2CCCCC2)c1.